The van der Waals surface area contributed by atoms with E-state index in [-0.39, 0.29) is 18.4 Å². The van der Waals surface area contributed by atoms with Gasteiger partial charge in [0.25, 0.3) is 0 Å². The van der Waals surface area contributed by atoms with E-state index in [2.05, 4.69) is 17.4 Å². The number of nitrogens with two attached hydrogens (primary N) is 1. The molecule has 5 heteroatoms. The Morgan fingerprint density at radius 2 is 2.27 bits per heavy atom. The minimum atomic E-state index is -0.502. The number of carbonyl (C=O) groups excluding carboxylic acids is 1. The van der Waals surface area contributed by atoms with Crippen molar-refractivity contribution in [2.45, 2.75) is 19.4 Å². The van der Waals surface area contributed by atoms with Crippen molar-refractivity contribution < 1.29 is 9.53 Å². The van der Waals surface area contributed by atoms with Crippen LogP contribution in [0.3, 0.4) is 0 Å². The summed E-state index contributed by atoms with van der Waals surface area (Å²) in [4.78, 5) is 10.8. The lowest BCUT2D eigenvalue weighted by Gasteiger charge is -2.07. The van der Waals surface area contributed by atoms with Crippen LogP contribution in [0.5, 0.6) is 0 Å². The molecule has 3 nitrogen and oxygen atoms in total. The van der Waals surface area contributed by atoms with Gasteiger partial charge in [-0.1, -0.05) is 0 Å². The summed E-state index contributed by atoms with van der Waals surface area (Å²) in [7, 11) is 0. The average molecular weight is 200 g/mol. The second kappa shape index (κ2) is 8.17. The normalized spacial score (nSPS) is 11.5. The third-order valence-electron chi connectivity index (χ3n) is 1.03. The van der Waals surface area contributed by atoms with Crippen molar-refractivity contribution in [2.24, 2.45) is 5.73 Å². The van der Waals surface area contributed by atoms with Gasteiger partial charge in [0.05, 0.1) is 6.61 Å². The minimum absolute atomic E-state index is 0. The molecular formula is C6H14ClNO2S. The van der Waals surface area contributed by atoms with Gasteiger partial charge in [-0.15, -0.1) is 12.4 Å². The molecule has 0 aromatic heterocycles. The van der Waals surface area contributed by atoms with Crippen molar-refractivity contribution in [1.29, 1.82) is 0 Å². The summed E-state index contributed by atoms with van der Waals surface area (Å²) >= 11 is 3.93. The molecule has 0 aliphatic rings. The van der Waals surface area contributed by atoms with Gasteiger partial charge in [-0.2, -0.15) is 12.6 Å². The smallest absolute Gasteiger partial charge is 0.322 e. The van der Waals surface area contributed by atoms with Crippen molar-refractivity contribution in [1.82, 2.24) is 0 Å². The van der Waals surface area contributed by atoms with E-state index in [9.17, 15) is 4.79 Å². The molecule has 0 aliphatic heterocycles. The molecule has 0 bridgehead atoms. The van der Waals surface area contributed by atoms with Crippen molar-refractivity contribution in [3.63, 3.8) is 0 Å². The molecule has 11 heavy (non-hydrogen) atoms. The third-order valence-corrected chi connectivity index (χ3v) is 1.29. The van der Waals surface area contributed by atoms with Crippen LogP contribution in [0.2, 0.25) is 0 Å². The zero-order valence-corrected chi connectivity index (χ0v) is 8.16. The monoisotopic (exact) mass is 199 g/mol. The van der Waals surface area contributed by atoms with Crippen LogP contribution < -0.4 is 5.73 Å². The first-order chi connectivity index (χ1) is 4.72. The van der Waals surface area contributed by atoms with Gasteiger partial charge in [-0.25, -0.2) is 0 Å². The Kier molecular flexibility index (Phi) is 10.1. The summed E-state index contributed by atoms with van der Waals surface area (Å²) in [5.74, 6) is 0.275. The summed E-state index contributed by atoms with van der Waals surface area (Å²) in [6.07, 6.45) is 0.571. The zero-order chi connectivity index (χ0) is 7.98. The van der Waals surface area contributed by atoms with Gasteiger partial charge < -0.3 is 10.5 Å². The summed E-state index contributed by atoms with van der Waals surface area (Å²) in [6.45, 7) is 2.14. The lowest BCUT2D eigenvalue weighted by atomic mass is 10.2. The molecule has 0 aliphatic carbocycles. The van der Waals surface area contributed by atoms with Crippen molar-refractivity contribution in [2.75, 3.05) is 12.4 Å². The van der Waals surface area contributed by atoms with Crippen LogP contribution in [-0.2, 0) is 9.53 Å². The predicted molar refractivity (Wildman–Crippen MR) is 50.3 cm³/mol. The number of thiol groups is 1. The fraction of sp³-hybridized carbons (Fsp3) is 0.833. The molecule has 0 spiro atoms. The third kappa shape index (κ3) is 6.47. The molecule has 68 valence electrons. The van der Waals surface area contributed by atoms with E-state index in [1.54, 1.807) is 6.92 Å². The van der Waals surface area contributed by atoms with Gasteiger partial charge in [0.2, 0.25) is 0 Å². The van der Waals surface area contributed by atoms with E-state index >= 15 is 0 Å². The highest BCUT2D eigenvalue weighted by atomic mass is 35.5. The van der Waals surface area contributed by atoms with Crippen molar-refractivity contribution in [3.05, 3.63) is 0 Å². The van der Waals surface area contributed by atoms with Crippen molar-refractivity contribution in [3.8, 4) is 0 Å². The fourth-order valence-corrected chi connectivity index (χ4v) is 0.784. The predicted octanol–water partition coefficient (Wildman–Crippen LogP) is 0.618. The summed E-state index contributed by atoms with van der Waals surface area (Å²) in [5.41, 5.74) is 5.39. The molecule has 0 aromatic carbocycles. The van der Waals surface area contributed by atoms with E-state index in [1.807, 2.05) is 0 Å². The van der Waals surface area contributed by atoms with Crippen LogP contribution in [0.25, 0.3) is 0 Å². The molecule has 1 unspecified atom stereocenters. The number of esters is 1. The first-order valence-electron chi connectivity index (χ1n) is 3.25. The van der Waals surface area contributed by atoms with Gasteiger partial charge >= 0.3 is 5.97 Å². The Morgan fingerprint density at radius 1 is 1.73 bits per heavy atom. The molecule has 0 radical (unpaired) electrons. The highest BCUT2D eigenvalue weighted by Crippen LogP contribution is 1.93. The lowest BCUT2D eigenvalue weighted by Crippen LogP contribution is -2.32. The zero-order valence-electron chi connectivity index (χ0n) is 6.45. The molecule has 0 saturated carbocycles. The van der Waals surface area contributed by atoms with E-state index < -0.39 is 6.04 Å². The summed E-state index contributed by atoms with van der Waals surface area (Å²) < 4.78 is 4.66. The van der Waals surface area contributed by atoms with Crippen LogP contribution >= 0.6 is 25.0 Å². The number of hydrogen-bond acceptors (Lipinski definition) is 4. The topological polar surface area (TPSA) is 52.3 Å². The molecule has 0 heterocycles. The maximum Gasteiger partial charge on any atom is 0.322 e. The number of halogens is 1. The first-order valence-corrected chi connectivity index (χ1v) is 3.88. The maximum absolute atomic E-state index is 10.8. The second-order valence-electron chi connectivity index (χ2n) is 1.87. The van der Waals surface area contributed by atoms with Gasteiger partial charge in [-0.05, 0) is 19.1 Å². The highest BCUT2D eigenvalue weighted by Gasteiger charge is 2.12. The Morgan fingerprint density at radius 3 is 2.64 bits per heavy atom. The molecule has 0 fully saturated rings. The van der Waals surface area contributed by atoms with E-state index in [1.165, 1.54) is 0 Å². The number of ether oxygens (including phenoxy) is 1. The number of hydrogen-bond donors (Lipinski definition) is 2. The Bertz CT molecular complexity index is 113. The molecular weight excluding hydrogens is 186 g/mol. The summed E-state index contributed by atoms with van der Waals surface area (Å²) in [5, 5.41) is 0. The van der Waals surface area contributed by atoms with E-state index in [0.29, 0.717) is 18.8 Å². The first kappa shape index (κ1) is 13.6. The Hall–Kier alpha value is 0.0700. The standard InChI is InChI=1S/C6H13NO2S.ClH/c1-2-9-6(8)5(7)3-4-10;/h5,10H,2-4,7H2,1H3;1H. The van der Waals surface area contributed by atoms with Gasteiger partial charge in [0, 0.05) is 0 Å². The van der Waals surface area contributed by atoms with Crippen LogP contribution in [0, 0.1) is 0 Å². The van der Waals surface area contributed by atoms with E-state index in [0.717, 1.165) is 0 Å². The SMILES string of the molecule is CCOC(=O)C(N)CCS.Cl. The molecule has 0 amide bonds. The van der Waals surface area contributed by atoms with Crippen molar-refractivity contribution >= 4 is 31.0 Å². The molecule has 0 saturated heterocycles. The maximum atomic E-state index is 10.8. The van der Waals surface area contributed by atoms with Crippen LogP contribution in [-0.4, -0.2) is 24.4 Å². The largest absolute Gasteiger partial charge is 0.465 e. The Balaban J connectivity index is 0. The summed E-state index contributed by atoms with van der Waals surface area (Å²) in [6, 6.07) is -0.502. The molecule has 0 rings (SSSR count). The van der Waals surface area contributed by atoms with Gasteiger partial charge in [-0.3, -0.25) is 4.79 Å². The minimum Gasteiger partial charge on any atom is -0.465 e. The van der Waals surface area contributed by atoms with Crippen LogP contribution in [0.4, 0.5) is 0 Å². The molecule has 1 atom stereocenters. The number of carbonyl (C=O) groups is 1. The highest BCUT2D eigenvalue weighted by molar-refractivity contribution is 7.80. The average Bonchev–Trinajstić information content (AvgIpc) is 1.89. The van der Waals surface area contributed by atoms with Gasteiger partial charge in [0.15, 0.2) is 0 Å². The van der Waals surface area contributed by atoms with E-state index in [4.69, 9.17) is 5.73 Å². The molecule has 0 aromatic rings. The lowest BCUT2D eigenvalue weighted by molar-refractivity contribution is -0.144. The quantitative estimate of drug-likeness (QED) is 0.516. The van der Waals surface area contributed by atoms with Gasteiger partial charge in [0.1, 0.15) is 6.04 Å². The Labute approximate surface area is 78.5 Å². The number of rotatable bonds is 4. The van der Waals surface area contributed by atoms with Crippen LogP contribution in [0.1, 0.15) is 13.3 Å². The molecule has 2 N–H and O–H groups in total. The fourth-order valence-electron chi connectivity index (χ4n) is 0.506. The second-order valence-corrected chi connectivity index (χ2v) is 2.32. The van der Waals surface area contributed by atoms with Crippen LogP contribution in [0.15, 0.2) is 0 Å².